The second-order valence-electron chi connectivity index (χ2n) is 4.97. The fourth-order valence-electron chi connectivity index (χ4n) is 2.14. The molecule has 0 bridgehead atoms. The highest BCUT2D eigenvalue weighted by molar-refractivity contribution is 5.85. The maximum atomic E-state index is 10.8. The average Bonchev–Trinajstić information content (AvgIpc) is 2.30. The standard InChI is InChI=1S/C15H28O2/c1-4-6-8-9-11-14(10-7-5-2)12-13(3)15(16)17/h14H,3-12H2,1-2H3,(H,16,17). The zero-order valence-electron chi connectivity index (χ0n) is 11.5. The van der Waals surface area contributed by atoms with Gasteiger partial charge in [0.2, 0.25) is 0 Å². The van der Waals surface area contributed by atoms with Gasteiger partial charge in [-0.2, -0.15) is 0 Å². The van der Waals surface area contributed by atoms with Crippen LogP contribution in [-0.4, -0.2) is 11.1 Å². The van der Waals surface area contributed by atoms with Crippen LogP contribution < -0.4 is 0 Å². The summed E-state index contributed by atoms with van der Waals surface area (Å²) in [5.74, 6) is -0.310. The van der Waals surface area contributed by atoms with Crippen molar-refractivity contribution in [3.05, 3.63) is 12.2 Å². The summed E-state index contributed by atoms with van der Waals surface area (Å²) in [6.45, 7) is 8.04. The number of carboxylic acids is 1. The van der Waals surface area contributed by atoms with E-state index in [0.717, 1.165) is 12.8 Å². The summed E-state index contributed by atoms with van der Waals surface area (Å²) < 4.78 is 0. The number of rotatable bonds is 11. The van der Waals surface area contributed by atoms with Gasteiger partial charge < -0.3 is 5.11 Å². The highest BCUT2D eigenvalue weighted by Crippen LogP contribution is 2.23. The van der Waals surface area contributed by atoms with Crippen LogP contribution in [0, 0.1) is 5.92 Å². The molecule has 2 nitrogen and oxygen atoms in total. The lowest BCUT2D eigenvalue weighted by molar-refractivity contribution is -0.132. The molecule has 0 fully saturated rings. The van der Waals surface area contributed by atoms with Gasteiger partial charge in [0.1, 0.15) is 0 Å². The molecule has 1 N–H and O–H groups in total. The first-order chi connectivity index (χ1) is 8.11. The minimum absolute atomic E-state index is 0.376. The topological polar surface area (TPSA) is 37.3 Å². The van der Waals surface area contributed by atoms with Crippen LogP contribution in [0.25, 0.3) is 0 Å². The predicted octanol–water partition coefficient (Wildman–Crippen LogP) is 4.79. The van der Waals surface area contributed by atoms with Gasteiger partial charge in [-0.05, 0) is 12.3 Å². The average molecular weight is 240 g/mol. The molecule has 0 aliphatic heterocycles. The summed E-state index contributed by atoms with van der Waals surface area (Å²) in [4.78, 5) is 10.8. The first-order valence-corrected chi connectivity index (χ1v) is 7.02. The quantitative estimate of drug-likeness (QED) is 0.416. The highest BCUT2D eigenvalue weighted by atomic mass is 16.4. The summed E-state index contributed by atoms with van der Waals surface area (Å²) in [5, 5.41) is 8.87. The van der Waals surface area contributed by atoms with Crippen molar-refractivity contribution < 1.29 is 9.90 Å². The number of unbranched alkanes of at least 4 members (excludes halogenated alkanes) is 4. The van der Waals surface area contributed by atoms with Crippen LogP contribution in [0.1, 0.15) is 71.6 Å². The van der Waals surface area contributed by atoms with Gasteiger partial charge in [-0.25, -0.2) is 4.79 Å². The first kappa shape index (κ1) is 16.2. The van der Waals surface area contributed by atoms with E-state index < -0.39 is 5.97 Å². The maximum absolute atomic E-state index is 10.8. The SMILES string of the molecule is C=C(CC(CCCC)CCCCCC)C(=O)O. The molecule has 0 saturated carbocycles. The van der Waals surface area contributed by atoms with Crippen molar-refractivity contribution in [3.8, 4) is 0 Å². The second-order valence-corrected chi connectivity index (χ2v) is 4.97. The van der Waals surface area contributed by atoms with E-state index in [-0.39, 0.29) is 0 Å². The highest BCUT2D eigenvalue weighted by Gasteiger charge is 2.13. The molecule has 2 heteroatoms. The van der Waals surface area contributed by atoms with Crippen molar-refractivity contribution in [2.24, 2.45) is 5.92 Å². The maximum Gasteiger partial charge on any atom is 0.330 e. The lowest BCUT2D eigenvalue weighted by Crippen LogP contribution is -2.07. The fourth-order valence-corrected chi connectivity index (χ4v) is 2.14. The molecule has 0 heterocycles. The monoisotopic (exact) mass is 240 g/mol. The van der Waals surface area contributed by atoms with Crippen molar-refractivity contribution in [1.82, 2.24) is 0 Å². The molecule has 0 spiro atoms. The summed E-state index contributed by atoms with van der Waals surface area (Å²) in [7, 11) is 0. The molecular formula is C15H28O2. The van der Waals surface area contributed by atoms with E-state index in [2.05, 4.69) is 20.4 Å². The van der Waals surface area contributed by atoms with Gasteiger partial charge in [0.15, 0.2) is 0 Å². The van der Waals surface area contributed by atoms with Crippen molar-refractivity contribution in [2.45, 2.75) is 71.6 Å². The van der Waals surface area contributed by atoms with Crippen LogP contribution in [0.5, 0.6) is 0 Å². The molecule has 0 aliphatic rings. The largest absolute Gasteiger partial charge is 0.478 e. The van der Waals surface area contributed by atoms with Gasteiger partial charge in [0.25, 0.3) is 0 Å². The summed E-state index contributed by atoms with van der Waals surface area (Å²) in [6, 6.07) is 0. The Kier molecular flexibility index (Phi) is 9.89. The minimum atomic E-state index is -0.833. The Bertz CT molecular complexity index is 221. The normalized spacial score (nSPS) is 12.4. The number of carboxylic acid groups (broad SMARTS) is 1. The summed E-state index contributed by atoms with van der Waals surface area (Å²) in [5.41, 5.74) is 0.376. The van der Waals surface area contributed by atoms with Gasteiger partial charge in [-0.1, -0.05) is 71.8 Å². The van der Waals surface area contributed by atoms with Crippen molar-refractivity contribution in [3.63, 3.8) is 0 Å². The van der Waals surface area contributed by atoms with Crippen molar-refractivity contribution in [2.75, 3.05) is 0 Å². The molecular weight excluding hydrogens is 212 g/mol. The van der Waals surface area contributed by atoms with E-state index in [9.17, 15) is 4.79 Å². The van der Waals surface area contributed by atoms with Crippen LogP contribution in [0.15, 0.2) is 12.2 Å². The number of hydrogen-bond donors (Lipinski definition) is 1. The van der Waals surface area contributed by atoms with Crippen LogP contribution >= 0.6 is 0 Å². The molecule has 17 heavy (non-hydrogen) atoms. The molecule has 0 saturated heterocycles. The Morgan fingerprint density at radius 2 is 1.65 bits per heavy atom. The molecule has 0 radical (unpaired) electrons. The van der Waals surface area contributed by atoms with Crippen molar-refractivity contribution in [1.29, 1.82) is 0 Å². The molecule has 100 valence electrons. The zero-order valence-corrected chi connectivity index (χ0v) is 11.5. The van der Waals surface area contributed by atoms with Crippen molar-refractivity contribution >= 4 is 5.97 Å². The fraction of sp³-hybridized carbons (Fsp3) is 0.800. The molecule has 0 aliphatic carbocycles. The zero-order chi connectivity index (χ0) is 13.1. The number of carbonyl (C=O) groups is 1. The Morgan fingerprint density at radius 3 is 2.18 bits per heavy atom. The molecule has 0 rings (SSSR count). The molecule has 0 amide bonds. The molecule has 0 aromatic heterocycles. The number of hydrogen-bond acceptors (Lipinski definition) is 1. The van der Waals surface area contributed by atoms with Crippen LogP contribution in [0.4, 0.5) is 0 Å². The van der Waals surface area contributed by atoms with Gasteiger partial charge in [-0.15, -0.1) is 0 Å². The lowest BCUT2D eigenvalue weighted by Gasteiger charge is -2.16. The van der Waals surface area contributed by atoms with E-state index in [1.165, 1.54) is 38.5 Å². The third-order valence-corrected chi connectivity index (χ3v) is 3.27. The second kappa shape index (κ2) is 10.4. The van der Waals surface area contributed by atoms with Crippen LogP contribution in [0.2, 0.25) is 0 Å². The van der Waals surface area contributed by atoms with E-state index in [1.54, 1.807) is 0 Å². The Labute approximate surface area is 106 Å². The number of aliphatic carboxylic acids is 1. The van der Waals surface area contributed by atoms with Crippen LogP contribution in [0.3, 0.4) is 0 Å². The third-order valence-electron chi connectivity index (χ3n) is 3.27. The van der Waals surface area contributed by atoms with E-state index in [4.69, 9.17) is 5.11 Å². The van der Waals surface area contributed by atoms with Crippen LogP contribution in [-0.2, 0) is 4.79 Å². The van der Waals surface area contributed by atoms with E-state index in [0.29, 0.717) is 17.9 Å². The van der Waals surface area contributed by atoms with Gasteiger partial charge in [-0.3, -0.25) is 0 Å². The third kappa shape index (κ3) is 8.96. The first-order valence-electron chi connectivity index (χ1n) is 7.02. The smallest absolute Gasteiger partial charge is 0.330 e. The Morgan fingerprint density at radius 1 is 1.06 bits per heavy atom. The summed E-state index contributed by atoms with van der Waals surface area (Å²) in [6.07, 6.45) is 10.4. The van der Waals surface area contributed by atoms with Gasteiger partial charge >= 0.3 is 5.97 Å². The summed E-state index contributed by atoms with van der Waals surface area (Å²) >= 11 is 0. The molecule has 0 aromatic rings. The van der Waals surface area contributed by atoms with Gasteiger partial charge in [0, 0.05) is 5.57 Å². The van der Waals surface area contributed by atoms with E-state index in [1.807, 2.05) is 0 Å². The van der Waals surface area contributed by atoms with Gasteiger partial charge in [0.05, 0.1) is 0 Å². The van der Waals surface area contributed by atoms with E-state index >= 15 is 0 Å². The molecule has 1 unspecified atom stereocenters. The predicted molar refractivity (Wildman–Crippen MR) is 73.2 cm³/mol. The minimum Gasteiger partial charge on any atom is -0.478 e. The Balaban J connectivity index is 3.95. The molecule has 0 aromatic carbocycles. The Hall–Kier alpha value is -0.790. The molecule has 1 atom stereocenters. The lowest BCUT2D eigenvalue weighted by atomic mass is 9.89.